The van der Waals surface area contributed by atoms with Crippen LogP contribution >= 0.6 is 23.2 Å². The van der Waals surface area contributed by atoms with Crippen LogP contribution in [-0.2, 0) is 22.6 Å². The average molecular weight is 553 g/mol. The maximum Gasteiger partial charge on any atom is 0.247 e. The Morgan fingerprint density at radius 3 is 2.42 bits per heavy atom. The summed E-state index contributed by atoms with van der Waals surface area (Å²) in [5.41, 5.74) is 2.88. The standard InChI is InChI=1S/C30H31Cl2N3O3/c31-23-6-1-4-22(16-23)20-34(25-13-14-25)30(37)28-18-33-19-29(36)35(28)26-11-9-21(10-12-26)5-3-15-38-27-8-2-7-24(32)17-27/h1-2,4,6-12,16-17,25,28,33H,3,5,13-15,18-20H2/t28-/m1/s1. The normalized spacial score (nSPS) is 17.4. The monoisotopic (exact) mass is 551 g/mol. The summed E-state index contributed by atoms with van der Waals surface area (Å²) in [5, 5.41) is 4.44. The molecule has 1 N–H and O–H groups in total. The van der Waals surface area contributed by atoms with Crippen molar-refractivity contribution in [2.45, 2.75) is 44.3 Å². The number of nitrogens with one attached hydrogen (secondary N) is 1. The highest BCUT2D eigenvalue weighted by Gasteiger charge is 2.41. The van der Waals surface area contributed by atoms with Crippen LogP contribution in [0, 0.1) is 0 Å². The number of hydrogen-bond donors (Lipinski definition) is 1. The van der Waals surface area contributed by atoms with Crippen LogP contribution in [0.1, 0.15) is 30.4 Å². The Morgan fingerprint density at radius 1 is 0.974 bits per heavy atom. The number of piperazine rings is 1. The van der Waals surface area contributed by atoms with Gasteiger partial charge in [0, 0.05) is 34.9 Å². The van der Waals surface area contributed by atoms with Crippen molar-refractivity contribution in [1.29, 1.82) is 0 Å². The fourth-order valence-corrected chi connectivity index (χ4v) is 5.22. The Hall–Kier alpha value is -3.06. The first-order valence-corrected chi connectivity index (χ1v) is 13.8. The number of amides is 2. The van der Waals surface area contributed by atoms with Crippen molar-refractivity contribution in [3.05, 3.63) is 94.0 Å². The van der Waals surface area contributed by atoms with Gasteiger partial charge in [0.1, 0.15) is 11.8 Å². The van der Waals surface area contributed by atoms with E-state index in [0.717, 1.165) is 48.2 Å². The Bertz CT molecular complexity index is 1280. The summed E-state index contributed by atoms with van der Waals surface area (Å²) in [5.74, 6) is 0.627. The van der Waals surface area contributed by atoms with Gasteiger partial charge in [-0.05, 0) is 79.3 Å². The predicted octanol–water partition coefficient (Wildman–Crippen LogP) is 5.50. The second-order valence-corrected chi connectivity index (χ2v) is 10.7. The maximum absolute atomic E-state index is 13.8. The van der Waals surface area contributed by atoms with Crippen LogP contribution in [0.5, 0.6) is 5.75 Å². The van der Waals surface area contributed by atoms with Gasteiger partial charge >= 0.3 is 0 Å². The highest BCUT2D eigenvalue weighted by molar-refractivity contribution is 6.30. The van der Waals surface area contributed by atoms with Crippen LogP contribution < -0.4 is 15.0 Å². The minimum Gasteiger partial charge on any atom is -0.494 e. The highest BCUT2D eigenvalue weighted by atomic mass is 35.5. The molecule has 2 amide bonds. The van der Waals surface area contributed by atoms with Crippen molar-refractivity contribution in [2.24, 2.45) is 0 Å². The third kappa shape index (κ3) is 6.68. The lowest BCUT2D eigenvalue weighted by molar-refractivity contribution is -0.136. The lowest BCUT2D eigenvalue weighted by Crippen LogP contribution is -2.61. The first-order valence-electron chi connectivity index (χ1n) is 13.0. The van der Waals surface area contributed by atoms with Crippen LogP contribution in [0.15, 0.2) is 72.8 Å². The van der Waals surface area contributed by atoms with E-state index in [1.165, 1.54) is 0 Å². The molecule has 198 valence electrons. The van der Waals surface area contributed by atoms with E-state index in [1.54, 1.807) is 11.0 Å². The molecule has 3 aromatic rings. The van der Waals surface area contributed by atoms with Gasteiger partial charge in [-0.2, -0.15) is 0 Å². The molecular weight excluding hydrogens is 521 g/mol. The molecule has 6 nitrogen and oxygen atoms in total. The van der Waals surface area contributed by atoms with Gasteiger partial charge in [0.15, 0.2) is 0 Å². The molecule has 1 aliphatic heterocycles. The molecule has 1 aliphatic carbocycles. The number of carbonyl (C=O) groups is 2. The summed E-state index contributed by atoms with van der Waals surface area (Å²) in [6.45, 7) is 1.70. The van der Waals surface area contributed by atoms with Gasteiger partial charge in [-0.3, -0.25) is 14.5 Å². The van der Waals surface area contributed by atoms with E-state index in [4.69, 9.17) is 27.9 Å². The van der Waals surface area contributed by atoms with Crippen LogP contribution in [0.4, 0.5) is 5.69 Å². The SMILES string of the molecule is O=C([C@H]1CNCC(=O)N1c1ccc(CCCOc2cccc(Cl)c2)cc1)N(Cc1cccc(Cl)c1)C1CC1. The molecule has 5 rings (SSSR count). The van der Waals surface area contributed by atoms with E-state index in [-0.39, 0.29) is 24.4 Å². The third-order valence-corrected chi connectivity index (χ3v) is 7.35. The quantitative estimate of drug-likeness (QED) is 0.338. The summed E-state index contributed by atoms with van der Waals surface area (Å²) < 4.78 is 5.78. The number of benzene rings is 3. The molecule has 1 saturated carbocycles. The number of ether oxygens (including phenoxy) is 1. The van der Waals surface area contributed by atoms with Crippen molar-refractivity contribution in [2.75, 3.05) is 24.6 Å². The summed E-state index contributed by atoms with van der Waals surface area (Å²) in [4.78, 5) is 30.4. The van der Waals surface area contributed by atoms with E-state index in [1.807, 2.05) is 71.6 Å². The van der Waals surface area contributed by atoms with Crippen LogP contribution in [0.2, 0.25) is 10.0 Å². The van der Waals surface area contributed by atoms with Crippen molar-refractivity contribution in [3.63, 3.8) is 0 Å². The van der Waals surface area contributed by atoms with E-state index >= 15 is 0 Å². The average Bonchev–Trinajstić information content (AvgIpc) is 3.75. The molecule has 38 heavy (non-hydrogen) atoms. The molecule has 0 radical (unpaired) electrons. The molecule has 0 spiro atoms. The minimum atomic E-state index is -0.590. The van der Waals surface area contributed by atoms with E-state index in [0.29, 0.717) is 29.7 Å². The number of aryl methyl sites for hydroxylation is 1. The lowest BCUT2D eigenvalue weighted by Gasteiger charge is -2.38. The van der Waals surface area contributed by atoms with Gasteiger partial charge in [0.05, 0.1) is 13.2 Å². The largest absolute Gasteiger partial charge is 0.494 e. The molecule has 0 unspecified atom stereocenters. The first-order chi connectivity index (χ1) is 18.5. The van der Waals surface area contributed by atoms with Crippen molar-refractivity contribution < 1.29 is 14.3 Å². The maximum atomic E-state index is 13.8. The van der Waals surface area contributed by atoms with Gasteiger partial charge in [-0.1, -0.05) is 53.5 Å². The van der Waals surface area contributed by atoms with Gasteiger partial charge in [0.25, 0.3) is 0 Å². The topological polar surface area (TPSA) is 61.9 Å². The molecule has 8 heteroatoms. The number of nitrogens with zero attached hydrogens (tertiary/aromatic N) is 2. The smallest absolute Gasteiger partial charge is 0.247 e. The number of halogens is 2. The molecule has 0 bridgehead atoms. The molecule has 0 aromatic heterocycles. The zero-order chi connectivity index (χ0) is 26.5. The Labute approximate surface area is 233 Å². The summed E-state index contributed by atoms with van der Waals surface area (Å²) in [6.07, 6.45) is 3.65. The Kier molecular flexibility index (Phi) is 8.52. The number of rotatable bonds is 10. The van der Waals surface area contributed by atoms with Gasteiger partial charge in [-0.25, -0.2) is 0 Å². The lowest BCUT2D eigenvalue weighted by atomic mass is 10.1. The molecular formula is C30H31Cl2N3O3. The van der Waals surface area contributed by atoms with E-state index < -0.39 is 6.04 Å². The summed E-state index contributed by atoms with van der Waals surface area (Å²) >= 11 is 12.2. The zero-order valence-corrected chi connectivity index (χ0v) is 22.6. The fraction of sp³-hybridized carbons (Fsp3) is 0.333. The molecule has 1 saturated heterocycles. The molecule has 3 aromatic carbocycles. The van der Waals surface area contributed by atoms with Crippen molar-refractivity contribution in [1.82, 2.24) is 10.2 Å². The summed E-state index contributed by atoms with van der Waals surface area (Å²) in [6, 6.07) is 22.5. The second-order valence-electron chi connectivity index (χ2n) is 9.81. The molecule has 1 heterocycles. The minimum absolute atomic E-state index is 0.0322. The third-order valence-electron chi connectivity index (χ3n) is 6.88. The molecule has 2 fully saturated rings. The zero-order valence-electron chi connectivity index (χ0n) is 21.1. The van der Waals surface area contributed by atoms with Crippen LogP contribution in [-0.4, -0.2) is 48.5 Å². The highest BCUT2D eigenvalue weighted by Crippen LogP contribution is 2.31. The van der Waals surface area contributed by atoms with Crippen molar-refractivity contribution >= 4 is 40.7 Å². The Balaban J connectivity index is 1.24. The van der Waals surface area contributed by atoms with Gasteiger partial charge in [0.2, 0.25) is 11.8 Å². The fourth-order valence-electron chi connectivity index (χ4n) is 4.83. The summed E-state index contributed by atoms with van der Waals surface area (Å²) in [7, 11) is 0. The Morgan fingerprint density at radius 2 is 1.71 bits per heavy atom. The number of carbonyl (C=O) groups excluding carboxylic acids is 2. The van der Waals surface area contributed by atoms with Crippen molar-refractivity contribution in [3.8, 4) is 5.75 Å². The first kappa shape index (κ1) is 26.5. The van der Waals surface area contributed by atoms with Gasteiger partial charge < -0.3 is 15.0 Å². The number of hydrogen-bond acceptors (Lipinski definition) is 4. The van der Waals surface area contributed by atoms with Gasteiger partial charge in [-0.15, -0.1) is 0 Å². The van der Waals surface area contributed by atoms with Crippen LogP contribution in [0.25, 0.3) is 0 Å². The second kappa shape index (κ2) is 12.2. The molecule has 1 atom stereocenters. The van der Waals surface area contributed by atoms with E-state index in [9.17, 15) is 9.59 Å². The van der Waals surface area contributed by atoms with E-state index in [2.05, 4.69) is 5.32 Å². The van der Waals surface area contributed by atoms with Crippen LogP contribution in [0.3, 0.4) is 0 Å². The number of anilines is 1. The predicted molar refractivity (Wildman–Crippen MR) is 151 cm³/mol. The molecule has 2 aliphatic rings.